The van der Waals surface area contributed by atoms with Crippen molar-refractivity contribution in [1.82, 2.24) is 9.78 Å². The Balaban J connectivity index is 2.10. The number of aryl methyl sites for hydroxylation is 2. The topological polar surface area (TPSA) is 27.1 Å². The van der Waals surface area contributed by atoms with E-state index in [9.17, 15) is 4.39 Å². The summed E-state index contributed by atoms with van der Waals surface area (Å²) < 4.78 is 21.3. The van der Waals surface area contributed by atoms with Crippen LogP contribution in [-0.4, -0.2) is 9.78 Å². The summed E-state index contributed by atoms with van der Waals surface area (Å²) in [6.45, 7) is 5.20. The molecule has 1 aromatic carbocycles. The van der Waals surface area contributed by atoms with Gasteiger partial charge < -0.3 is 4.74 Å². The van der Waals surface area contributed by atoms with E-state index in [1.807, 2.05) is 23.7 Å². The molecule has 20 heavy (non-hydrogen) atoms. The van der Waals surface area contributed by atoms with Crippen LogP contribution in [0.5, 0.6) is 5.75 Å². The molecule has 5 heteroatoms. The van der Waals surface area contributed by atoms with Crippen LogP contribution in [0.15, 0.2) is 24.3 Å². The van der Waals surface area contributed by atoms with E-state index >= 15 is 0 Å². The van der Waals surface area contributed by atoms with Gasteiger partial charge in [0.15, 0.2) is 11.6 Å². The lowest BCUT2D eigenvalue weighted by Gasteiger charge is -2.09. The minimum Gasteiger partial charge on any atom is -0.484 e. The fourth-order valence-corrected chi connectivity index (χ4v) is 2.32. The van der Waals surface area contributed by atoms with Crippen LogP contribution in [0, 0.1) is 5.82 Å². The highest BCUT2D eigenvalue weighted by molar-refractivity contribution is 9.08. The number of rotatable bonds is 6. The Kier molecular flexibility index (Phi) is 5.17. The van der Waals surface area contributed by atoms with Gasteiger partial charge in [-0.1, -0.05) is 28.9 Å². The first-order chi connectivity index (χ1) is 9.67. The smallest absolute Gasteiger partial charge is 0.165 e. The molecule has 0 saturated heterocycles. The van der Waals surface area contributed by atoms with Gasteiger partial charge in [-0.3, -0.25) is 4.68 Å². The molecule has 108 valence electrons. The number of hydrogen-bond acceptors (Lipinski definition) is 2. The van der Waals surface area contributed by atoms with Crippen LogP contribution in [0.25, 0.3) is 0 Å². The molecule has 0 aliphatic rings. The first kappa shape index (κ1) is 15.0. The van der Waals surface area contributed by atoms with Gasteiger partial charge in [0.2, 0.25) is 0 Å². The summed E-state index contributed by atoms with van der Waals surface area (Å²) in [7, 11) is 0. The molecule has 1 aromatic heterocycles. The molecule has 0 amide bonds. The number of benzene rings is 1. The molecule has 0 aliphatic carbocycles. The third-order valence-electron chi connectivity index (χ3n) is 3.10. The van der Waals surface area contributed by atoms with Gasteiger partial charge in [-0.2, -0.15) is 5.10 Å². The highest BCUT2D eigenvalue weighted by atomic mass is 79.9. The number of halogens is 2. The van der Waals surface area contributed by atoms with Crippen LogP contribution >= 0.6 is 15.9 Å². The Morgan fingerprint density at radius 1 is 1.30 bits per heavy atom. The zero-order valence-electron chi connectivity index (χ0n) is 11.7. The third-order valence-corrected chi connectivity index (χ3v) is 3.75. The van der Waals surface area contributed by atoms with Crippen molar-refractivity contribution in [2.75, 3.05) is 0 Å². The molecule has 0 unspecified atom stereocenters. The van der Waals surface area contributed by atoms with Gasteiger partial charge in [0.05, 0.1) is 11.4 Å². The van der Waals surface area contributed by atoms with Crippen LogP contribution in [-0.2, 0) is 24.9 Å². The summed E-state index contributed by atoms with van der Waals surface area (Å²) in [6.07, 6.45) is 0.883. The lowest BCUT2D eigenvalue weighted by Crippen LogP contribution is -2.06. The van der Waals surface area contributed by atoms with Crippen molar-refractivity contribution < 1.29 is 9.13 Å². The number of alkyl halides is 1. The third kappa shape index (κ3) is 3.39. The lowest BCUT2D eigenvalue weighted by molar-refractivity contribution is 0.278. The molecule has 0 bridgehead atoms. The molecule has 0 spiro atoms. The van der Waals surface area contributed by atoms with E-state index in [0.29, 0.717) is 11.9 Å². The van der Waals surface area contributed by atoms with E-state index < -0.39 is 0 Å². The van der Waals surface area contributed by atoms with Gasteiger partial charge in [0.25, 0.3) is 0 Å². The molecule has 0 N–H and O–H groups in total. The fraction of sp³-hybridized carbons (Fsp3) is 0.400. The van der Waals surface area contributed by atoms with Crippen LogP contribution < -0.4 is 4.74 Å². The zero-order valence-corrected chi connectivity index (χ0v) is 13.3. The fourth-order valence-electron chi connectivity index (χ4n) is 1.97. The average molecular weight is 341 g/mol. The lowest BCUT2D eigenvalue weighted by atomic mass is 10.2. The summed E-state index contributed by atoms with van der Waals surface area (Å²) in [5, 5.41) is 5.08. The molecule has 0 aliphatic heterocycles. The maximum absolute atomic E-state index is 13.8. The molecule has 0 saturated carbocycles. The quantitative estimate of drug-likeness (QED) is 0.741. The van der Waals surface area contributed by atoms with Crippen LogP contribution in [0.1, 0.15) is 30.8 Å². The van der Waals surface area contributed by atoms with Gasteiger partial charge in [0, 0.05) is 11.9 Å². The molecule has 0 atom stereocenters. The van der Waals surface area contributed by atoms with E-state index in [1.54, 1.807) is 6.07 Å². The van der Waals surface area contributed by atoms with Gasteiger partial charge in [-0.05, 0) is 37.1 Å². The second-order valence-electron chi connectivity index (χ2n) is 4.48. The highest BCUT2D eigenvalue weighted by Gasteiger charge is 2.09. The predicted molar refractivity (Wildman–Crippen MR) is 80.6 cm³/mol. The van der Waals surface area contributed by atoms with Crippen LogP contribution in [0.2, 0.25) is 0 Å². The Hall–Kier alpha value is -1.36. The first-order valence-electron chi connectivity index (χ1n) is 6.70. The molecule has 1 heterocycles. The maximum Gasteiger partial charge on any atom is 0.165 e. The number of ether oxygens (including phenoxy) is 1. The molecule has 2 aromatic rings. The summed E-state index contributed by atoms with van der Waals surface area (Å²) in [4.78, 5) is 0. The summed E-state index contributed by atoms with van der Waals surface area (Å²) >= 11 is 3.30. The van der Waals surface area contributed by atoms with Crippen LogP contribution in [0.4, 0.5) is 4.39 Å². The molecule has 2 rings (SSSR count). The van der Waals surface area contributed by atoms with Gasteiger partial charge in [0.1, 0.15) is 6.61 Å². The Morgan fingerprint density at radius 3 is 2.70 bits per heavy atom. The second kappa shape index (κ2) is 6.88. The highest BCUT2D eigenvalue weighted by Crippen LogP contribution is 2.21. The molecule has 0 radical (unpaired) electrons. The number of aromatic nitrogens is 2. The molecule has 0 fully saturated rings. The molecular weight excluding hydrogens is 323 g/mol. The largest absolute Gasteiger partial charge is 0.484 e. The van der Waals surface area contributed by atoms with Crippen molar-refractivity contribution in [3.8, 4) is 5.75 Å². The van der Waals surface area contributed by atoms with Gasteiger partial charge >= 0.3 is 0 Å². The summed E-state index contributed by atoms with van der Waals surface area (Å²) in [5.41, 5.74) is 2.88. The minimum atomic E-state index is -0.333. The van der Waals surface area contributed by atoms with E-state index in [-0.39, 0.29) is 11.6 Å². The summed E-state index contributed by atoms with van der Waals surface area (Å²) in [6, 6.07) is 7.01. The maximum atomic E-state index is 13.8. The minimum absolute atomic E-state index is 0.275. The van der Waals surface area contributed by atoms with E-state index in [0.717, 1.165) is 29.9 Å². The van der Waals surface area contributed by atoms with Crippen molar-refractivity contribution in [3.05, 3.63) is 47.0 Å². The standard InChI is InChI=1S/C15H18BrFN2O/c1-3-12-8-13(19(4-2)18-12)10-20-15-6-5-11(9-16)7-14(15)17/h5-8H,3-4,9-10H2,1-2H3. The zero-order chi connectivity index (χ0) is 14.5. The predicted octanol–water partition coefficient (Wildman–Crippen LogP) is 4.08. The summed E-state index contributed by atoms with van der Waals surface area (Å²) in [5.74, 6) is -0.0585. The van der Waals surface area contributed by atoms with Crippen LogP contribution in [0.3, 0.4) is 0 Å². The normalized spacial score (nSPS) is 10.8. The molecule has 3 nitrogen and oxygen atoms in total. The Bertz CT molecular complexity index is 583. The SMILES string of the molecule is CCc1cc(COc2ccc(CBr)cc2F)n(CC)n1. The molecular formula is C15H18BrFN2O. The van der Waals surface area contributed by atoms with Crippen molar-refractivity contribution in [2.45, 2.75) is 38.8 Å². The number of hydrogen-bond donors (Lipinski definition) is 0. The van der Waals surface area contributed by atoms with Crippen molar-refractivity contribution >= 4 is 15.9 Å². The van der Waals surface area contributed by atoms with Gasteiger partial charge in [-0.25, -0.2) is 4.39 Å². The van der Waals surface area contributed by atoms with E-state index in [1.165, 1.54) is 6.07 Å². The first-order valence-corrected chi connectivity index (χ1v) is 7.82. The Morgan fingerprint density at radius 2 is 2.10 bits per heavy atom. The monoisotopic (exact) mass is 340 g/mol. The van der Waals surface area contributed by atoms with E-state index in [2.05, 4.69) is 28.0 Å². The van der Waals surface area contributed by atoms with Crippen molar-refractivity contribution in [2.24, 2.45) is 0 Å². The van der Waals surface area contributed by atoms with Crippen molar-refractivity contribution in [3.63, 3.8) is 0 Å². The average Bonchev–Trinajstić information content (AvgIpc) is 2.88. The van der Waals surface area contributed by atoms with E-state index in [4.69, 9.17) is 4.74 Å². The van der Waals surface area contributed by atoms with Gasteiger partial charge in [-0.15, -0.1) is 0 Å². The second-order valence-corrected chi connectivity index (χ2v) is 5.04. The Labute approximate surface area is 126 Å². The van der Waals surface area contributed by atoms with Crippen molar-refractivity contribution in [1.29, 1.82) is 0 Å². The number of nitrogens with zero attached hydrogens (tertiary/aromatic N) is 2.